The number of nitro benzene ring substituents is 1. The molecule has 116 valence electrons. The van der Waals surface area contributed by atoms with Gasteiger partial charge < -0.3 is 9.52 Å². The number of hydrogen-bond acceptors (Lipinski definition) is 7. The molecule has 3 rings (SSSR count). The summed E-state index contributed by atoms with van der Waals surface area (Å²) in [5.41, 5.74) is 0.663. The summed E-state index contributed by atoms with van der Waals surface area (Å²) >= 11 is 0. The van der Waals surface area contributed by atoms with Crippen LogP contribution in [0, 0.1) is 10.1 Å². The molecule has 1 aromatic carbocycles. The van der Waals surface area contributed by atoms with Crippen LogP contribution in [-0.2, 0) is 6.54 Å². The Morgan fingerprint density at radius 3 is 2.82 bits per heavy atom. The van der Waals surface area contributed by atoms with Gasteiger partial charge in [-0.15, -0.1) is 10.2 Å². The molecule has 8 heteroatoms. The molecule has 1 unspecified atom stereocenters. The normalized spacial score (nSPS) is 18.7. The summed E-state index contributed by atoms with van der Waals surface area (Å²) in [6.45, 7) is 1.54. The molecule has 0 bridgehead atoms. The zero-order valence-electron chi connectivity index (χ0n) is 11.9. The van der Waals surface area contributed by atoms with Crippen molar-refractivity contribution in [3.05, 3.63) is 40.3 Å². The Hall–Kier alpha value is -2.32. The molecular formula is C14H16N4O4. The summed E-state index contributed by atoms with van der Waals surface area (Å²) < 4.78 is 5.61. The number of hydrogen-bond donors (Lipinski definition) is 1. The van der Waals surface area contributed by atoms with Gasteiger partial charge in [-0.3, -0.25) is 15.0 Å². The smallest absolute Gasteiger partial charge is 0.269 e. The van der Waals surface area contributed by atoms with E-state index in [4.69, 9.17) is 4.42 Å². The average Bonchev–Trinajstić information content (AvgIpc) is 3.17. The third-order valence-electron chi connectivity index (χ3n) is 3.84. The van der Waals surface area contributed by atoms with E-state index in [0.717, 1.165) is 19.4 Å². The fourth-order valence-corrected chi connectivity index (χ4v) is 2.64. The fraction of sp³-hybridized carbons (Fsp3) is 0.429. The second-order valence-corrected chi connectivity index (χ2v) is 5.25. The zero-order valence-corrected chi connectivity index (χ0v) is 11.9. The van der Waals surface area contributed by atoms with Crippen LogP contribution < -0.4 is 0 Å². The zero-order chi connectivity index (χ0) is 15.5. The molecule has 8 nitrogen and oxygen atoms in total. The number of aromatic nitrogens is 2. The number of non-ortho nitro benzene ring substituents is 1. The Morgan fingerprint density at radius 1 is 1.36 bits per heavy atom. The summed E-state index contributed by atoms with van der Waals surface area (Å²) in [6.07, 6.45) is 2.02. The molecular weight excluding hydrogens is 288 g/mol. The first-order valence-electron chi connectivity index (χ1n) is 7.09. The molecule has 1 aliphatic rings. The van der Waals surface area contributed by atoms with E-state index in [1.54, 1.807) is 12.1 Å². The molecule has 0 radical (unpaired) electrons. The Balaban J connectivity index is 1.72. The van der Waals surface area contributed by atoms with Crippen molar-refractivity contribution in [3.63, 3.8) is 0 Å². The SMILES string of the molecule is O=[N+]([O-])c1ccc(-c2nnc(CN3CCCC3CO)o2)cc1. The van der Waals surface area contributed by atoms with Crippen LogP contribution in [0.1, 0.15) is 18.7 Å². The average molecular weight is 304 g/mol. The Labute approximate surface area is 126 Å². The summed E-state index contributed by atoms with van der Waals surface area (Å²) in [7, 11) is 0. The van der Waals surface area contributed by atoms with E-state index in [2.05, 4.69) is 15.1 Å². The number of benzene rings is 1. The predicted octanol–water partition coefficient (Wildman–Crippen LogP) is 1.60. The Bertz CT molecular complexity index is 655. The second kappa shape index (κ2) is 6.20. The number of nitrogens with zero attached hydrogens (tertiary/aromatic N) is 4. The highest BCUT2D eigenvalue weighted by Crippen LogP contribution is 2.23. The molecule has 1 N–H and O–H groups in total. The van der Waals surface area contributed by atoms with E-state index in [0.29, 0.717) is 23.9 Å². The summed E-state index contributed by atoms with van der Waals surface area (Å²) in [6, 6.07) is 6.13. The van der Waals surface area contributed by atoms with Gasteiger partial charge in [-0.05, 0) is 31.5 Å². The van der Waals surface area contributed by atoms with Crippen LogP contribution in [-0.4, -0.2) is 44.3 Å². The number of nitro groups is 1. The molecule has 0 spiro atoms. The predicted molar refractivity (Wildman–Crippen MR) is 76.9 cm³/mol. The lowest BCUT2D eigenvalue weighted by molar-refractivity contribution is -0.384. The molecule has 2 aromatic rings. The van der Waals surface area contributed by atoms with Gasteiger partial charge >= 0.3 is 0 Å². The monoisotopic (exact) mass is 304 g/mol. The molecule has 1 fully saturated rings. The van der Waals surface area contributed by atoms with Crippen LogP contribution in [0.2, 0.25) is 0 Å². The van der Waals surface area contributed by atoms with Gasteiger partial charge in [0.25, 0.3) is 5.69 Å². The largest absolute Gasteiger partial charge is 0.419 e. The molecule has 22 heavy (non-hydrogen) atoms. The van der Waals surface area contributed by atoms with Crippen molar-refractivity contribution in [3.8, 4) is 11.5 Å². The lowest BCUT2D eigenvalue weighted by Crippen LogP contribution is -2.31. The quantitative estimate of drug-likeness (QED) is 0.660. The first kappa shape index (κ1) is 14.6. The lowest BCUT2D eigenvalue weighted by Gasteiger charge is -2.20. The number of aliphatic hydroxyl groups is 1. The van der Waals surface area contributed by atoms with Gasteiger partial charge in [-0.1, -0.05) is 0 Å². The van der Waals surface area contributed by atoms with E-state index < -0.39 is 4.92 Å². The van der Waals surface area contributed by atoms with Crippen LogP contribution in [0.5, 0.6) is 0 Å². The van der Waals surface area contributed by atoms with Crippen molar-refractivity contribution in [2.45, 2.75) is 25.4 Å². The third-order valence-corrected chi connectivity index (χ3v) is 3.84. The standard InChI is InChI=1S/C14H16N4O4/c19-9-12-2-1-7-17(12)8-13-15-16-14(22-13)10-3-5-11(6-4-10)18(20)21/h3-6,12,19H,1-2,7-9H2. The maximum absolute atomic E-state index is 10.6. The molecule has 0 aliphatic carbocycles. The van der Waals surface area contributed by atoms with Gasteiger partial charge in [0.1, 0.15) is 0 Å². The van der Waals surface area contributed by atoms with Crippen LogP contribution in [0.4, 0.5) is 5.69 Å². The molecule has 1 aliphatic heterocycles. The summed E-state index contributed by atoms with van der Waals surface area (Å²) in [5, 5.41) is 27.9. The Morgan fingerprint density at radius 2 is 2.14 bits per heavy atom. The van der Waals surface area contributed by atoms with Gasteiger partial charge in [-0.25, -0.2) is 0 Å². The van der Waals surface area contributed by atoms with Crippen molar-refractivity contribution in [2.24, 2.45) is 0 Å². The van der Waals surface area contributed by atoms with Crippen LogP contribution >= 0.6 is 0 Å². The number of aliphatic hydroxyl groups excluding tert-OH is 1. The number of likely N-dealkylation sites (tertiary alicyclic amines) is 1. The second-order valence-electron chi connectivity index (χ2n) is 5.25. The van der Waals surface area contributed by atoms with Crippen molar-refractivity contribution >= 4 is 5.69 Å². The highest BCUT2D eigenvalue weighted by molar-refractivity contribution is 5.55. The van der Waals surface area contributed by atoms with Gasteiger partial charge in [0.2, 0.25) is 11.8 Å². The minimum absolute atomic E-state index is 0.0198. The van der Waals surface area contributed by atoms with Crippen LogP contribution in [0.25, 0.3) is 11.5 Å². The van der Waals surface area contributed by atoms with Gasteiger partial charge in [0.05, 0.1) is 18.1 Å². The molecule has 1 saturated heterocycles. The third kappa shape index (κ3) is 2.97. The molecule has 0 amide bonds. The summed E-state index contributed by atoms with van der Waals surface area (Å²) in [5.74, 6) is 0.818. The van der Waals surface area contributed by atoms with Crippen LogP contribution in [0.15, 0.2) is 28.7 Å². The van der Waals surface area contributed by atoms with E-state index in [-0.39, 0.29) is 18.3 Å². The lowest BCUT2D eigenvalue weighted by atomic mass is 10.2. The van der Waals surface area contributed by atoms with Crippen molar-refractivity contribution < 1.29 is 14.4 Å². The van der Waals surface area contributed by atoms with E-state index in [1.165, 1.54) is 12.1 Å². The minimum Gasteiger partial charge on any atom is -0.419 e. The molecule has 1 aromatic heterocycles. The maximum Gasteiger partial charge on any atom is 0.269 e. The van der Waals surface area contributed by atoms with Crippen LogP contribution in [0.3, 0.4) is 0 Å². The van der Waals surface area contributed by atoms with E-state index in [1.807, 2.05) is 0 Å². The highest BCUT2D eigenvalue weighted by Gasteiger charge is 2.25. The van der Waals surface area contributed by atoms with E-state index >= 15 is 0 Å². The molecule has 2 heterocycles. The minimum atomic E-state index is -0.453. The highest BCUT2D eigenvalue weighted by atomic mass is 16.6. The van der Waals surface area contributed by atoms with Gasteiger partial charge in [0.15, 0.2) is 0 Å². The topological polar surface area (TPSA) is 106 Å². The first-order valence-corrected chi connectivity index (χ1v) is 7.09. The van der Waals surface area contributed by atoms with Gasteiger partial charge in [0, 0.05) is 23.7 Å². The van der Waals surface area contributed by atoms with Crippen molar-refractivity contribution in [1.29, 1.82) is 0 Å². The van der Waals surface area contributed by atoms with Crippen molar-refractivity contribution in [1.82, 2.24) is 15.1 Å². The maximum atomic E-state index is 10.6. The first-order chi connectivity index (χ1) is 10.7. The Kier molecular flexibility index (Phi) is 4.12. The van der Waals surface area contributed by atoms with Crippen molar-refractivity contribution in [2.75, 3.05) is 13.2 Å². The van der Waals surface area contributed by atoms with Gasteiger partial charge in [-0.2, -0.15) is 0 Å². The van der Waals surface area contributed by atoms with E-state index in [9.17, 15) is 15.2 Å². The summed E-state index contributed by atoms with van der Waals surface area (Å²) in [4.78, 5) is 12.3. The number of rotatable bonds is 5. The fourth-order valence-electron chi connectivity index (χ4n) is 2.64. The molecule has 0 saturated carbocycles. The molecule has 1 atom stereocenters.